The van der Waals surface area contributed by atoms with Gasteiger partial charge in [0.05, 0.1) is 7.11 Å². The van der Waals surface area contributed by atoms with Crippen LogP contribution in [0, 0.1) is 11.6 Å². The molecule has 0 aliphatic heterocycles. The van der Waals surface area contributed by atoms with Crippen molar-refractivity contribution in [1.29, 1.82) is 0 Å². The molecule has 0 aromatic heterocycles. The van der Waals surface area contributed by atoms with E-state index in [4.69, 9.17) is 4.74 Å². The molecule has 0 saturated carbocycles. The molecule has 0 saturated heterocycles. The molecule has 0 aliphatic rings. The number of carbonyl (C=O) groups is 1. The van der Waals surface area contributed by atoms with Crippen LogP contribution in [-0.4, -0.2) is 13.0 Å². The molecule has 2 aromatic carbocycles. The van der Waals surface area contributed by atoms with E-state index in [1.54, 1.807) is 7.11 Å². The summed E-state index contributed by atoms with van der Waals surface area (Å²) in [4.78, 5) is 11.8. The monoisotopic (exact) mass is 305 g/mol. The van der Waals surface area contributed by atoms with Gasteiger partial charge in [-0.1, -0.05) is 18.2 Å². The minimum atomic E-state index is -0.657. The van der Waals surface area contributed by atoms with Crippen molar-refractivity contribution in [2.24, 2.45) is 0 Å². The predicted molar refractivity (Wildman–Crippen MR) is 79.5 cm³/mol. The van der Waals surface area contributed by atoms with E-state index in [-0.39, 0.29) is 18.0 Å². The average molecular weight is 305 g/mol. The second-order valence-corrected chi connectivity index (χ2v) is 4.86. The maximum Gasteiger partial charge on any atom is 0.220 e. The number of rotatable bonds is 6. The van der Waals surface area contributed by atoms with Gasteiger partial charge in [0, 0.05) is 24.6 Å². The Morgan fingerprint density at radius 2 is 1.86 bits per heavy atom. The summed E-state index contributed by atoms with van der Waals surface area (Å²) >= 11 is 0. The average Bonchev–Trinajstić information content (AvgIpc) is 2.52. The summed E-state index contributed by atoms with van der Waals surface area (Å²) in [7, 11) is 1.59. The molecule has 116 valence electrons. The number of halogens is 2. The highest BCUT2D eigenvalue weighted by atomic mass is 19.1. The van der Waals surface area contributed by atoms with Crippen LogP contribution in [0.5, 0.6) is 5.75 Å². The summed E-state index contributed by atoms with van der Waals surface area (Å²) in [5.74, 6) is -0.706. The topological polar surface area (TPSA) is 38.3 Å². The predicted octanol–water partition coefficient (Wildman–Crippen LogP) is 3.22. The van der Waals surface area contributed by atoms with Gasteiger partial charge in [0.2, 0.25) is 5.91 Å². The lowest BCUT2D eigenvalue weighted by atomic mass is 10.1. The van der Waals surface area contributed by atoms with Crippen molar-refractivity contribution in [3.05, 3.63) is 65.2 Å². The van der Waals surface area contributed by atoms with Crippen molar-refractivity contribution in [3.63, 3.8) is 0 Å². The molecule has 0 radical (unpaired) electrons. The van der Waals surface area contributed by atoms with Crippen LogP contribution in [0.2, 0.25) is 0 Å². The quantitative estimate of drug-likeness (QED) is 0.890. The van der Waals surface area contributed by atoms with Crippen LogP contribution in [0.4, 0.5) is 8.78 Å². The second-order valence-electron chi connectivity index (χ2n) is 4.86. The van der Waals surface area contributed by atoms with E-state index >= 15 is 0 Å². The first-order valence-electron chi connectivity index (χ1n) is 6.92. The van der Waals surface area contributed by atoms with Crippen LogP contribution >= 0.6 is 0 Å². The van der Waals surface area contributed by atoms with Gasteiger partial charge in [-0.05, 0) is 30.2 Å². The number of amides is 1. The zero-order valence-electron chi connectivity index (χ0n) is 12.2. The van der Waals surface area contributed by atoms with E-state index in [1.165, 1.54) is 12.1 Å². The first kappa shape index (κ1) is 15.9. The Bertz CT molecular complexity index is 642. The zero-order chi connectivity index (χ0) is 15.9. The van der Waals surface area contributed by atoms with Crippen molar-refractivity contribution < 1.29 is 18.3 Å². The maximum atomic E-state index is 13.4. The number of carbonyl (C=O) groups excluding carboxylic acids is 1. The first-order valence-corrected chi connectivity index (χ1v) is 6.92. The molecule has 3 nitrogen and oxygen atoms in total. The molecular formula is C17H17F2NO2. The third-order valence-electron chi connectivity index (χ3n) is 3.29. The smallest absolute Gasteiger partial charge is 0.220 e. The summed E-state index contributed by atoms with van der Waals surface area (Å²) in [5, 5.41) is 2.63. The lowest BCUT2D eigenvalue weighted by Gasteiger charge is -2.07. The molecule has 1 N–H and O–H groups in total. The minimum absolute atomic E-state index is 0.0492. The van der Waals surface area contributed by atoms with Crippen LogP contribution in [0.3, 0.4) is 0 Å². The SMILES string of the molecule is COc1ccc(CCC(=O)NCc2ccc(F)cc2F)cc1. The van der Waals surface area contributed by atoms with Crippen LogP contribution in [0.1, 0.15) is 17.5 Å². The fraction of sp³-hybridized carbons (Fsp3) is 0.235. The molecule has 2 aromatic rings. The van der Waals surface area contributed by atoms with Gasteiger partial charge >= 0.3 is 0 Å². The molecule has 0 unspecified atom stereocenters. The Morgan fingerprint density at radius 3 is 2.50 bits per heavy atom. The summed E-state index contributed by atoms with van der Waals surface area (Å²) in [6.07, 6.45) is 0.886. The fourth-order valence-corrected chi connectivity index (χ4v) is 2.00. The highest BCUT2D eigenvalue weighted by Gasteiger charge is 2.06. The van der Waals surface area contributed by atoms with Crippen LogP contribution in [0.25, 0.3) is 0 Å². The second kappa shape index (κ2) is 7.54. The number of aryl methyl sites for hydroxylation is 1. The number of hydrogen-bond acceptors (Lipinski definition) is 2. The van der Waals surface area contributed by atoms with Crippen molar-refractivity contribution in [1.82, 2.24) is 5.32 Å². The standard InChI is InChI=1S/C17H17F2NO2/c1-22-15-7-2-12(3-8-15)4-9-17(21)20-11-13-5-6-14(18)10-16(13)19/h2-3,5-8,10H,4,9,11H2,1H3,(H,20,21). The van der Waals surface area contributed by atoms with Gasteiger partial charge in [-0.25, -0.2) is 8.78 Å². The van der Waals surface area contributed by atoms with E-state index in [1.807, 2.05) is 24.3 Å². The van der Waals surface area contributed by atoms with Gasteiger partial charge in [-0.15, -0.1) is 0 Å². The molecule has 22 heavy (non-hydrogen) atoms. The van der Waals surface area contributed by atoms with Gasteiger partial charge in [0.15, 0.2) is 0 Å². The normalized spacial score (nSPS) is 10.3. The van der Waals surface area contributed by atoms with Gasteiger partial charge in [-0.3, -0.25) is 4.79 Å². The third kappa shape index (κ3) is 4.55. The first-order chi connectivity index (χ1) is 10.6. The molecule has 0 atom stereocenters. The summed E-state index contributed by atoms with van der Waals surface area (Å²) in [6, 6.07) is 10.8. The Labute approximate surface area is 127 Å². The number of benzene rings is 2. The number of nitrogens with one attached hydrogen (secondary N) is 1. The largest absolute Gasteiger partial charge is 0.497 e. The van der Waals surface area contributed by atoms with E-state index in [0.29, 0.717) is 12.8 Å². The fourth-order valence-electron chi connectivity index (χ4n) is 2.00. The molecule has 0 spiro atoms. The minimum Gasteiger partial charge on any atom is -0.497 e. The number of methoxy groups -OCH3 is 1. The van der Waals surface area contributed by atoms with Crippen molar-refractivity contribution in [2.45, 2.75) is 19.4 Å². The molecular weight excluding hydrogens is 288 g/mol. The van der Waals surface area contributed by atoms with Gasteiger partial charge in [0.25, 0.3) is 0 Å². The molecule has 5 heteroatoms. The zero-order valence-corrected chi connectivity index (χ0v) is 12.2. The van der Waals surface area contributed by atoms with Gasteiger partial charge in [-0.2, -0.15) is 0 Å². The Balaban J connectivity index is 1.80. The van der Waals surface area contributed by atoms with E-state index < -0.39 is 11.6 Å². The Kier molecular flexibility index (Phi) is 5.47. The van der Waals surface area contributed by atoms with Crippen LogP contribution in [-0.2, 0) is 17.8 Å². The lowest BCUT2D eigenvalue weighted by molar-refractivity contribution is -0.121. The summed E-state index contributed by atoms with van der Waals surface area (Å²) in [5.41, 5.74) is 1.28. The van der Waals surface area contributed by atoms with E-state index in [2.05, 4.69) is 5.32 Å². The van der Waals surface area contributed by atoms with Crippen molar-refractivity contribution in [2.75, 3.05) is 7.11 Å². The van der Waals surface area contributed by atoms with Crippen molar-refractivity contribution >= 4 is 5.91 Å². The molecule has 0 fully saturated rings. The third-order valence-corrected chi connectivity index (χ3v) is 3.29. The van der Waals surface area contributed by atoms with Crippen LogP contribution < -0.4 is 10.1 Å². The molecule has 2 rings (SSSR count). The Morgan fingerprint density at radius 1 is 1.14 bits per heavy atom. The summed E-state index contributed by atoms with van der Waals surface area (Å²) in [6.45, 7) is 0.0492. The van der Waals surface area contributed by atoms with E-state index in [9.17, 15) is 13.6 Å². The van der Waals surface area contributed by atoms with Gasteiger partial charge < -0.3 is 10.1 Å². The molecule has 1 amide bonds. The van der Waals surface area contributed by atoms with E-state index in [0.717, 1.165) is 17.4 Å². The maximum absolute atomic E-state index is 13.4. The van der Waals surface area contributed by atoms with Crippen LogP contribution in [0.15, 0.2) is 42.5 Å². The van der Waals surface area contributed by atoms with Gasteiger partial charge in [0.1, 0.15) is 17.4 Å². The highest BCUT2D eigenvalue weighted by molar-refractivity contribution is 5.76. The summed E-state index contributed by atoms with van der Waals surface area (Å²) < 4.78 is 31.3. The Hall–Kier alpha value is -2.43. The lowest BCUT2D eigenvalue weighted by Crippen LogP contribution is -2.23. The molecule has 0 aliphatic carbocycles. The number of ether oxygens (including phenoxy) is 1. The molecule has 0 bridgehead atoms. The number of hydrogen-bond donors (Lipinski definition) is 1. The van der Waals surface area contributed by atoms with Crippen molar-refractivity contribution in [3.8, 4) is 5.75 Å². The highest BCUT2D eigenvalue weighted by Crippen LogP contribution is 2.13. The molecule has 0 heterocycles.